The zero-order chi connectivity index (χ0) is 19.1. The molecule has 0 aliphatic carbocycles. The van der Waals surface area contributed by atoms with Crippen LogP contribution in [0.4, 0.5) is 10.1 Å². The molecule has 0 amide bonds. The van der Waals surface area contributed by atoms with Crippen LogP contribution in [0.3, 0.4) is 0 Å². The number of halogens is 1. The number of para-hydroxylation sites is 1. The number of benzene rings is 2. The van der Waals surface area contributed by atoms with Crippen molar-refractivity contribution < 1.29 is 19.1 Å². The molecule has 144 valence electrons. The Morgan fingerprint density at radius 1 is 1.15 bits per heavy atom. The van der Waals surface area contributed by atoms with Gasteiger partial charge in [0.25, 0.3) is 0 Å². The van der Waals surface area contributed by atoms with E-state index >= 15 is 0 Å². The van der Waals surface area contributed by atoms with Gasteiger partial charge in [-0.2, -0.15) is 0 Å². The van der Waals surface area contributed by atoms with E-state index in [1.54, 1.807) is 0 Å². The van der Waals surface area contributed by atoms with Crippen molar-refractivity contribution in [2.45, 2.75) is 12.5 Å². The third-order valence-corrected chi connectivity index (χ3v) is 4.95. The number of allylic oxidation sites excluding steroid dienone is 1. The number of hydrogen-bond donors (Lipinski definition) is 2. The summed E-state index contributed by atoms with van der Waals surface area (Å²) in [6.45, 7) is 8.42. The molecule has 0 bridgehead atoms. The molecule has 0 spiro atoms. The molecule has 0 unspecified atom stereocenters. The molecule has 1 aliphatic heterocycles. The number of piperazine rings is 1. The van der Waals surface area contributed by atoms with Crippen LogP contribution in [-0.2, 0) is 6.42 Å². The fraction of sp³-hybridized carbons (Fsp3) is 0.364. The average molecular weight is 371 g/mol. The molecule has 5 heteroatoms. The second-order valence-electron chi connectivity index (χ2n) is 6.98. The fourth-order valence-electron chi connectivity index (χ4n) is 3.48. The first-order valence-electron chi connectivity index (χ1n) is 9.49. The van der Waals surface area contributed by atoms with E-state index in [-0.39, 0.29) is 5.82 Å². The van der Waals surface area contributed by atoms with Gasteiger partial charge in [-0.15, -0.1) is 6.58 Å². The summed E-state index contributed by atoms with van der Waals surface area (Å²) in [6.07, 6.45) is 2.10. The Labute approximate surface area is 160 Å². The maximum absolute atomic E-state index is 13.1. The van der Waals surface area contributed by atoms with Gasteiger partial charge < -0.3 is 19.6 Å². The molecule has 0 aromatic heterocycles. The van der Waals surface area contributed by atoms with Crippen LogP contribution in [0.2, 0.25) is 0 Å². The summed E-state index contributed by atoms with van der Waals surface area (Å²) in [7, 11) is 0. The molecule has 0 saturated carbocycles. The molecule has 0 radical (unpaired) electrons. The lowest BCUT2D eigenvalue weighted by Crippen LogP contribution is -3.16. The lowest BCUT2D eigenvalue weighted by molar-refractivity contribution is -0.903. The molecule has 1 atom stereocenters. The topological polar surface area (TPSA) is 37.1 Å². The number of ether oxygens (including phenoxy) is 1. The van der Waals surface area contributed by atoms with E-state index in [2.05, 4.69) is 11.5 Å². The van der Waals surface area contributed by atoms with Crippen molar-refractivity contribution >= 4 is 5.69 Å². The summed E-state index contributed by atoms with van der Waals surface area (Å²) in [5.74, 6) is 0.605. The van der Waals surface area contributed by atoms with Crippen LogP contribution in [0.5, 0.6) is 5.75 Å². The molecule has 4 nitrogen and oxygen atoms in total. The normalized spacial score (nSPS) is 16.1. The first-order valence-corrected chi connectivity index (χ1v) is 9.49. The standard InChI is InChI=1S/C22H27FN2O2/c1-2-5-18-6-3-4-7-22(18)27-17-21(26)16-24-12-14-25(15-13-24)20-10-8-19(23)9-11-20/h2-4,6-11,21,26H,1,5,12-17H2/p+1/t21-/m1/s1. The Balaban J connectivity index is 1.44. The Bertz CT molecular complexity index is 727. The van der Waals surface area contributed by atoms with Crippen LogP contribution in [0, 0.1) is 5.82 Å². The lowest BCUT2D eigenvalue weighted by Gasteiger charge is -2.34. The highest BCUT2D eigenvalue weighted by atomic mass is 19.1. The minimum absolute atomic E-state index is 0.208. The SMILES string of the molecule is C=CCc1ccccc1OC[C@H](O)C[NH+]1CCN(c2ccc(F)cc2)CC1. The molecule has 3 rings (SSSR count). The molecule has 1 fully saturated rings. The zero-order valence-corrected chi connectivity index (χ0v) is 15.6. The second-order valence-corrected chi connectivity index (χ2v) is 6.98. The van der Waals surface area contributed by atoms with Crippen molar-refractivity contribution in [2.24, 2.45) is 0 Å². The van der Waals surface area contributed by atoms with Crippen LogP contribution in [-0.4, -0.2) is 50.5 Å². The van der Waals surface area contributed by atoms with E-state index in [4.69, 9.17) is 4.74 Å². The van der Waals surface area contributed by atoms with E-state index in [9.17, 15) is 9.50 Å². The Hall–Kier alpha value is -2.37. The monoisotopic (exact) mass is 371 g/mol. The van der Waals surface area contributed by atoms with E-state index in [0.29, 0.717) is 13.2 Å². The maximum atomic E-state index is 13.1. The highest BCUT2D eigenvalue weighted by Gasteiger charge is 2.23. The quantitative estimate of drug-likeness (QED) is 0.694. The van der Waals surface area contributed by atoms with Gasteiger partial charge in [0.2, 0.25) is 0 Å². The van der Waals surface area contributed by atoms with Gasteiger partial charge in [-0.3, -0.25) is 0 Å². The smallest absolute Gasteiger partial charge is 0.137 e. The van der Waals surface area contributed by atoms with Crippen molar-refractivity contribution in [3.8, 4) is 5.75 Å². The number of rotatable bonds is 8. The molecule has 1 heterocycles. The van der Waals surface area contributed by atoms with Crippen LogP contribution in [0.25, 0.3) is 0 Å². The van der Waals surface area contributed by atoms with Crippen LogP contribution in [0.1, 0.15) is 5.56 Å². The summed E-state index contributed by atoms with van der Waals surface area (Å²) < 4.78 is 18.9. The Morgan fingerprint density at radius 2 is 1.85 bits per heavy atom. The van der Waals surface area contributed by atoms with Gasteiger partial charge in [0.1, 0.15) is 30.8 Å². The number of anilines is 1. The molecule has 2 N–H and O–H groups in total. The number of aliphatic hydroxyl groups is 1. The van der Waals surface area contributed by atoms with Gasteiger partial charge in [0.05, 0.1) is 26.2 Å². The largest absolute Gasteiger partial charge is 0.490 e. The molecular weight excluding hydrogens is 343 g/mol. The first-order chi connectivity index (χ1) is 13.2. The van der Waals surface area contributed by atoms with Gasteiger partial charge in [-0.05, 0) is 42.3 Å². The van der Waals surface area contributed by atoms with Crippen LogP contribution >= 0.6 is 0 Å². The summed E-state index contributed by atoms with van der Waals surface area (Å²) >= 11 is 0. The third-order valence-electron chi connectivity index (χ3n) is 4.95. The molecule has 2 aromatic carbocycles. The van der Waals surface area contributed by atoms with Crippen molar-refractivity contribution in [3.63, 3.8) is 0 Å². The zero-order valence-electron chi connectivity index (χ0n) is 15.6. The number of hydrogen-bond acceptors (Lipinski definition) is 3. The summed E-state index contributed by atoms with van der Waals surface area (Å²) in [6, 6.07) is 14.5. The van der Waals surface area contributed by atoms with Gasteiger partial charge in [0.15, 0.2) is 0 Å². The van der Waals surface area contributed by atoms with Gasteiger partial charge in [-0.1, -0.05) is 24.3 Å². The average Bonchev–Trinajstić information content (AvgIpc) is 2.69. The van der Waals surface area contributed by atoms with Gasteiger partial charge >= 0.3 is 0 Å². The van der Waals surface area contributed by atoms with E-state index < -0.39 is 6.10 Å². The number of nitrogens with one attached hydrogen (secondary N) is 1. The minimum Gasteiger partial charge on any atom is -0.490 e. The predicted molar refractivity (Wildman–Crippen MR) is 106 cm³/mol. The van der Waals surface area contributed by atoms with Crippen molar-refractivity contribution in [1.29, 1.82) is 0 Å². The predicted octanol–water partition coefficient (Wildman–Crippen LogP) is 1.70. The number of nitrogens with zero attached hydrogens (tertiary/aromatic N) is 1. The van der Waals surface area contributed by atoms with Gasteiger partial charge in [-0.25, -0.2) is 4.39 Å². The van der Waals surface area contributed by atoms with E-state index in [1.165, 1.54) is 17.0 Å². The number of quaternary nitrogens is 1. The molecular formula is C22H28FN2O2+. The third kappa shape index (κ3) is 5.55. The van der Waals surface area contributed by atoms with E-state index in [0.717, 1.165) is 49.6 Å². The first kappa shape index (κ1) is 19.4. The molecule has 27 heavy (non-hydrogen) atoms. The Morgan fingerprint density at radius 3 is 2.56 bits per heavy atom. The van der Waals surface area contributed by atoms with Gasteiger partial charge in [0, 0.05) is 5.69 Å². The summed E-state index contributed by atoms with van der Waals surface area (Å²) in [5, 5.41) is 10.4. The summed E-state index contributed by atoms with van der Waals surface area (Å²) in [4.78, 5) is 3.63. The Kier molecular flexibility index (Phi) is 6.85. The minimum atomic E-state index is -0.505. The molecule has 2 aromatic rings. The maximum Gasteiger partial charge on any atom is 0.137 e. The molecule has 1 saturated heterocycles. The fourth-order valence-corrected chi connectivity index (χ4v) is 3.48. The second kappa shape index (κ2) is 9.53. The molecule has 1 aliphatic rings. The lowest BCUT2D eigenvalue weighted by atomic mass is 10.1. The van der Waals surface area contributed by atoms with Crippen molar-refractivity contribution in [2.75, 3.05) is 44.2 Å². The van der Waals surface area contributed by atoms with Crippen molar-refractivity contribution in [3.05, 3.63) is 72.6 Å². The van der Waals surface area contributed by atoms with E-state index in [1.807, 2.05) is 42.5 Å². The number of aliphatic hydroxyl groups excluding tert-OH is 1. The van der Waals surface area contributed by atoms with Crippen LogP contribution < -0.4 is 14.5 Å². The van der Waals surface area contributed by atoms with Crippen LogP contribution in [0.15, 0.2) is 61.2 Å². The van der Waals surface area contributed by atoms with Crippen molar-refractivity contribution in [1.82, 2.24) is 0 Å². The summed E-state index contributed by atoms with van der Waals surface area (Å²) in [5.41, 5.74) is 2.14. The highest BCUT2D eigenvalue weighted by molar-refractivity contribution is 5.46. The highest BCUT2D eigenvalue weighted by Crippen LogP contribution is 2.19.